The van der Waals surface area contributed by atoms with Crippen LogP contribution < -0.4 is 19.9 Å². The Hall–Kier alpha value is -2.80. The van der Waals surface area contributed by atoms with Gasteiger partial charge in [-0.2, -0.15) is 0 Å². The molecule has 0 unspecified atom stereocenters. The first kappa shape index (κ1) is 19.9. The van der Waals surface area contributed by atoms with Crippen LogP contribution in [0.3, 0.4) is 0 Å². The second-order valence-electron chi connectivity index (χ2n) is 6.13. The second-order valence-corrected chi connectivity index (χ2v) is 6.98. The van der Waals surface area contributed by atoms with E-state index in [4.69, 9.17) is 9.47 Å². The Kier molecular flexibility index (Phi) is 6.04. The molecule has 0 radical (unpaired) electrons. The van der Waals surface area contributed by atoms with Crippen LogP contribution in [0.5, 0.6) is 11.5 Å². The Morgan fingerprint density at radius 1 is 1.14 bits per heavy atom. The summed E-state index contributed by atoms with van der Waals surface area (Å²) in [6.45, 7) is 4.43. The Balaban J connectivity index is 1.92. The van der Waals surface area contributed by atoms with Gasteiger partial charge in [0, 0.05) is 0 Å². The third-order valence-corrected chi connectivity index (χ3v) is 4.93. The first-order chi connectivity index (χ1) is 13.5. The number of rotatable bonds is 6. The van der Waals surface area contributed by atoms with Crippen LogP contribution in [0.25, 0.3) is 6.08 Å². The van der Waals surface area contributed by atoms with Crippen LogP contribution in [-0.2, 0) is 16.0 Å². The second kappa shape index (κ2) is 8.48. The molecular weight excluding hydrogens is 424 g/mol. The predicted molar refractivity (Wildman–Crippen MR) is 111 cm³/mol. The van der Waals surface area contributed by atoms with Crippen LogP contribution in [0.2, 0.25) is 0 Å². The van der Waals surface area contributed by atoms with Crippen molar-refractivity contribution >= 4 is 39.5 Å². The van der Waals surface area contributed by atoms with Crippen molar-refractivity contribution in [3.05, 3.63) is 57.6 Å². The normalized spacial score (nSPS) is 15.1. The maximum absolute atomic E-state index is 12.8. The number of carbonyl (C=O) groups excluding carboxylic acids is 2. The number of ether oxygens (including phenoxy) is 2. The quantitative estimate of drug-likeness (QED) is 0.542. The van der Waals surface area contributed by atoms with Gasteiger partial charge < -0.3 is 9.47 Å². The van der Waals surface area contributed by atoms with Crippen molar-refractivity contribution in [2.24, 2.45) is 0 Å². The molecule has 0 atom stereocenters. The van der Waals surface area contributed by atoms with Gasteiger partial charge in [-0.15, -0.1) is 0 Å². The molecule has 6 nitrogen and oxygen atoms in total. The standard InChI is InChI=1S/C21H21BrN2O4/c1-4-13-6-8-15(9-7-13)24-21(26)16(20(25)23-24)10-14-11-17(22)19(28-5-2)18(12-14)27-3/h6-12H,4-5H2,1-3H3,(H,23,25)/b16-10+. The molecule has 1 saturated heterocycles. The van der Waals surface area contributed by atoms with Crippen molar-refractivity contribution in [1.82, 2.24) is 5.43 Å². The molecule has 0 spiro atoms. The average Bonchev–Trinajstić information content (AvgIpc) is 2.98. The molecule has 1 aliphatic rings. The molecular formula is C21H21BrN2O4. The fraction of sp³-hybridized carbons (Fsp3) is 0.238. The Bertz CT molecular complexity index is 938. The smallest absolute Gasteiger partial charge is 0.282 e. The van der Waals surface area contributed by atoms with E-state index in [9.17, 15) is 9.59 Å². The highest BCUT2D eigenvalue weighted by Gasteiger charge is 2.34. The SMILES string of the molecule is CCOc1c(Br)cc(/C=C2\C(=O)NN(c3ccc(CC)cc3)C2=O)cc1OC. The summed E-state index contributed by atoms with van der Waals surface area (Å²) in [5.74, 6) is 0.236. The van der Waals surface area contributed by atoms with Gasteiger partial charge in [0.15, 0.2) is 11.5 Å². The van der Waals surface area contributed by atoms with Gasteiger partial charge in [0.1, 0.15) is 5.57 Å². The molecule has 2 amide bonds. The van der Waals surface area contributed by atoms with Crippen molar-refractivity contribution in [3.8, 4) is 11.5 Å². The Morgan fingerprint density at radius 2 is 1.86 bits per heavy atom. The molecule has 0 saturated carbocycles. The van der Waals surface area contributed by atoms with E-state index in [-0.39, 0.29) is 5.57 Å². The molecule has 1 N–H and O–H groups in total. The summed E-state index contributed by atoms with van der Waals surface area (Å²) < 4.78 is 11.6. The molecule has 0 aliphatic carbocycles. The number of hydrogen-bond donors (Lipinski definition) is 1. The molecule has 3 rings (SSSR count). The van der Waals surface area contributed by atoms with E-state index < -0.39 is 11.8 Å². The summed E-state index contributed by atoms with van der Waals surface area (Å²) in [5.41, 5.74) is 5.08. The molecule has 2 aromatic carbocycles. The molecule has 0 bridgehead atoms. The van der Waals surface area contributed by atoms with Gasteiger partial charge in [-0.3, -0.25) is 15.0 Å². The number of anilines is 1. The number of hydrogen-bond acceptors (Lipinski definition) is 4. The van der Waals surface area contributed by atoms with Crippen molar-refractivity contribution in [1.29, 1.82) is 0 Å². The van der Waals surface area contributed by atoms with Crippen LogP contribution in [0.1, 0.15) is 25.0 Å². The first-order valence-corrected chi connectivity index (χ1v) is 9.74. The predicted octanol–water partition coefficient (Wildman–Crippen LogP) is 3.88. The zero-order valence-corrected chi connectivity index (χ0v) is 17.5. The summed E-state index contributed by atoms with van der Waals surface area (Å²) >= 11 is 3.45. The molecule has 2 aromatic rings. The third-order valence-electron chi connectivity index (χ3n) is 4.35. The highest BCUT2D eigenvalue weighted by atomic mass is 79.9. The lowest BCUT2D eigenvalue weighted by Crippen LogP contribution is -2.35. The first-order valence-electron chi connectivity index (χ1n) is 8.94. The average molecular weight is 445 g/mol. The van der Waals surface area contributed by atoms with Crippen molar-refractivity contribution < 1.29 is 19.1 Å². The van der Waals surface area contributed by atoms with Gasteiger partial charge in [0.05, 0.1) is 23.9 Å². The van der Waals surface area contributed by atoms with Gasteiger partial charge >= 0.3 is 0 Å². The highest BCUT2D eigenvalue weighted by Crippen LogP contribution is 2.37. The molecule has 1 fully saturated rings. The van der Waals surface area contributed by atoms with Crippen molar-refractivity contribution in [2.75, 3.05) is 18.7 Å². The monoisotopic (exact) mass is 444 g/mol. The number of amides is 2. The Labute approximate surface area is 172 Å². The minimum atomic E-state index is -0.450. The van der Waals surface area contributed by atoms with E-state index in [0.717, 1.165) is 12.0 Å². The maximum Gasteiger partial charge on any atom is 0.282 e. The zero-order chi connectivity index (χ0) is 20.3. The summed E-state index contributed by atoms with van der Waals surface area (Å²) in [4.78, 5) is 25.2. The summed E-state index contributed by atoms with van der Waals surface area (Å²) in [6, 6.07) is 11.0. The van der Waals surface area contributed by atoms with Crippen LogP contribution in [0, 0.1) is 0 Å². The maximum atomic E-state index is 12.8. The summed E-state index contributed by atoms with van der Waals surface area (Å²) in [5, 5.41) is 1.26. The van der Waals surface area contributed by atoms with Gasteiger partial charge in [-0.05, 0) is 70.7 Å². The number of carbonyl (C=O) groups is 2. The lowest BCUT2D eigenvalue weighted by atomic mass is 10.1. The largest absolute Gasteiger partial charge is 0.493 e. The van der Waals surface area contributed by atoms with Gasteiger partial charge in [0.2, 0.25) is 0 Å². The molecule has 0 aromatic heterocycles. The van der Waals surface area contributed by atoms with E-state index >= 15 is 0 Å². The number of halogens is 1. The molecule has 1 aliphatic heterocycles. The Morgan fingerprint density at radius 3 is 2.46 bits per heavy atom. The number of benzene rings is 2. The fourth-order valence-corrected chi connectivity index (χ4v) is 3.47. The van der Waals surface area contributed by atoms with E-state index in [2.05, 4.69) is 28.3 Å². The van der Waals surface area contributed by atoms with E-state index in [1.54, 1.807) is 18.2 Å². The minimum Gasteiger partial charge on any atom is -0.493 e. The van der Waals surface area contributed by atoms with Gasteiger partial charge in [-0.1, -0.05) is 19.1 Å². The van der Waals surface area contributed by atoms with Gasteiger partial charge in [-0.25, -0.2) is 5.01 Å². The summed E-state index contributed by atoms with van der Waals surface area (Å²) in [7, 11) is 1.54. The van der Waals surface area contributed by atoms with E-state index in [1.165, 1.54) is 12.1 Å². The lowest BCUT2D eigenvalue weighted by molar-refractivity contribution is -0.117. The minimum absolute atomic E-state index is 0.0534. The topological polar surface area (TPSA) is 67.9 Å². The van der Waals surface area contributed by atoms with Crippen molar-refractivity contribution in [3.63, 3.8) is 0 Å². The molecule has 1 heterocycles. The number of hydrazine groups is 1. The fourth-order valence-electron chi connectivity index (χ4n) is 2.89. The van der Waals surface area contributed by atoms with E-state index in [1.807, 2.05) is 31.2 Å². The van der Waals surface area contributed by atoms with Crippen LogP contribution >= 0.6 is 15.9 Å². The van der Waals surface area contributed by atoms with Crippen LogP contribution in [0.4, 0.5) is 5.69 Å². The van der Waals surface area contributed by atoms with Crippen LogP contribution in [-0.4, -0.2) is 25.5 Å². The molecule has 146 valence electrons. The number of nitrogens with one attached hydrogen (secondary N) is 1. The van der Waals surface area contributed by atoms with Crippen LogP contribution in [0.15, 0.2) is 46.4 Å². The highest BCUT2D eigenvalue weighted by molar-refractivity contribution is 9.10. The van der Waals surface area contributed by atoms with Gasteiger partial charge in [0.25, 0.3) is 11.8 Å². The number of methoxy groups -OCH3 is 1. The molecule has 7 heteroatoms. The lowest BCUT2D eigenvalue weighted by Gasteiger charge is -2.15. The number of nitrogens with zero attached hydrogens (tertiary/aromatic N) is 1. The summed E-state index contributed by atoms with van der Waals surface area (Å²) in [6.07, 6.45) is 2.45. The number of aryl methyl sites for hydroxylation is 1. The zero-order valence-electron chi connectivity index (χ0n) is 15.9. The molecule has 28 heavy (non-hydrogen) atoms. The van der Waals surface area contributed by atoms with Crippen molar-refractivity contribution in [2.45, 2.75) is 20.3 Å². The third kappa shape index (κ3) is 3.89. The van der Waals surface area contributed by atoms with E-state index in [0.29, 0.717) is 33.8 Å².